The molecule has 0 aliphatic rings. The van der Waals surface area contributed by atoms with E-state index in [-0.39, 0.29) is 6.61 Å². The highest BCUT2D eigenvalue weighted by Gasteiger charge is 2.14. The van der Waals surface area contributed by atoms with Gasteiger partial charge in [-0.2, -0.15) is 5.10 Å². The normalized spacial score (nSPS) is 10.7. The van der Waals surface area contributed by atoms with Gasteiger partial charge in [0.15, 0.2) is 0 Å². The molecule has 0 heterocycles. The average Bonchev–Trinajstić information content (AvgIpc) is 2.76. The number of rotatable bonds is 6. The van der Waals surface area contributed by atoms with Crippen LogP contribution in [-0.2, 0) is 16.2 Å². The third-order valence-electron chi connectivity index (χ3n) is 4.48. The Kier molecular flexibility index (Phi) is 7.40. The van der Waals surface area contributed by atoms with E-state index in [1.165, 1.54) is 6.21 Å². The van der Waals surface area contributed by atoms with Crippen LogP contribution in [0, 0.1) is 13.8 Å². The Balaban J connectivity index is 1.60. The number of hydrazone groups is 1. The number of halogens is 1. The molecule has 0 aliphatic heterocycles. The predicted octanol–water partition coefficient (Wildman–Crippen LogP) is 4.62. The summed E-state index contributed by atoms with van der Waals surface area (Å²) in [6.45, 7) is 4.05. The Morgan fingerprint density at radius 2 is 1.74 bits per heavy atom. The molecule has 0 aliphatic carbocycles. The minimum absolute atomic E-state index is 0.287. The summed E-state index contributed by atoms with van der Waals surface area (Å²) >= 11 is 6.16. The van der Waals surface area contributed by atoms with E-state index in [1.807, 2.05) is 56.3 Å². The topological polar surface area (TPSA) is 79.8 Å². The monoisotopic (exact) mass is 435 g/mol. The molecular formula is C24H22ClN3O3. The van der Waals surface area contributed by atoms with Gasteiger partial charge in [-0.3, -0.25) is 9.59 Å². The van der Waals surface area contributed by atoms with Gasteiger partial charge in [0.1, 0.15) is 12.4 Å². The van der Waals surface area contributed by atoms with Crippen molar-refractivity contribution in [2.45, 2.75) is 20.5 Å². The van der Waals surface area contributed by atoms with Gasteiger partial charge in [-0.25, -0.2) is 5.43 Å². The van der Waals surface area contributed by atoms with E-state index >= 15 is 0 Å². The van der Waals surface area contributed by atoms with Gasteiger partial charge in [0, 0.05) is 21.8 Å². The Hall–Kier alpha value is -3.64. The lowest BCUT2D eigenvalue weighted by molar-refractivity contribution is -0.136. The van der Waals surface area contributed by atoms with Crippen LogP contribution in [0.2, 0.25) is 5.02 Å². The van der Waals surface area contributed by atoms with E-state index in [4.69, 9.17) is 16.3 Å². The van der Waals surface area contributed by atoms with Crippen LogP contribution in [0.4, 0.5) is 5.69 Å². The third-order valence-corrected chi connectivity index (χ3v) is 4.85. The highest BCUT2D eigenvalue weighted by molar-refractivity contribution is 6.39. The first-order valence-corrected chi connectivity index (χ1v) is 9.98. The summed E-state index contributed by atoms with van der Waals surface area (Å²) in [5.41, 5.74) is 6.16. The maximum Gasteiger partial charge on any atom is 0.329 e. The number of anilines is 1. The number of hydrogen-bond donors (Lipinski definition) is 2. The lowest BCUT2D eigenvalue weighted by Crippen LogP contribution is -2.32. The second-order valence-electron chi connectivity index (χ2n) is 6.89. The van der Waals surface area contributed by atoms with Crippen molar-refractivity contribution in [1.82, 2.24) is 5.43 Å². The van der Waals surface area contributed by atoms with Crippen molar-refractivity contribution in [3.63, 3.8) is 0 Å². The fourth-order valence-electron chi connectivity index (χ4n) is 2.75. The Morgan fingerprint density at radius 1 is 1.00 bits per heavy atom. The summed E-state index contributed by atoms with van der Waals surface area (Å²) in [6.07, 6.45) is 1.42. The maximum atomic E-state index is 12.1. The number of carbonyl (C=O) groups excluding carboxylic acids is 2. The molecule has 2 N–H and O–H groups in total. The second kappa shape index (κ2) is 10.4. The van der Waals surface area contributed by atoms with Crippen LogP contribution in [0.5, 0.6) is 5.75 Å². The molecular weight excluding hydrogens is 414 g/mol. The van der Waals surface area contributed by atoms with Gasteiger partial charge in [0.2, 0.25) is 0 Å². The Morgan fingerprint density at radius 3 is 2.55 bits per heavy atom. The van der Waals surface area contributed by atoms with Crippen LogP contribution in [0.15, 0.2) is 71.8 Å². The van der Waals surface area contributed by atoms with Crippen molar-refractivity contribution in [2.24, 2.45) is 5.10 Å². The van der Waals surface area contributed by atoms with Crippen molar-refractivity contribution >= 4 is 35.3 Å². The number of para-hydroxylation sites is 1. The zero-order valence-corrected chi connectivity index (χ0v) is 17.9. The average molecular weight is 436 g/mol. The third kappa shape index (κ3) is 6.17. The summed E-state index contributed by atoms with van der Waals surface area (Å²) in [4.78, 5) is 24.2. The molecule has 6 nitrogen and oxygen atoms in total. The first kappa shape index (κ1) is 22.1. The highest BCUT2D eigenvalue weighted by atomic mass is 35.5. The van der Waals surface area contributed by atoms with Gasteiger partial charge in [-0.15, -0.1) is 0 Å². The molecule has 3 aromatic carbocycles. The van der Waals surface area contributed by atoms with Crippen LogP contribution in [0.3, 0.4) is 0 Å². The van der Waals surface area contributed by atoms with E-state index in [0.717, 1.165) is 16.7 Å². The summed E-state index contributed by atoms with van der Waals surface area (Å²) < 4.78 is 5.84. The quantitative estimate of drug-likeness (QED) is 0.336. The van der Waals surface area contributed by atoms with Gasteiger partial charge in [-0.05, 0) is 49.2 Å². The van der Waals surface area contributed by atoms with E-state index in [1.54, 1.807) is 24.3 Å². The van der Waals surface area contributed by atoms with Crippen LogP contribution in [0.25, 0.3) is 0 Å². The van der Waals surface area contributed by atoms with Crippen LogP contribution in [0.1, 0.15) is 22.3 Å². The molecule has 0 spiro atoms. The number of hydrogen-bond acceptors (Lipinski definition) is 4. The molecule has 0 atom stereocenters. The molecule has 0 aromatic heterocycles. The van der Waals surface area contributed by atoms with Gasteiger partial charge >= 0.3 is 11.8 Å². The predicted molar refractivity (Wildman–Crippen MR) is 123 cm³/mol. The Labute approximate surface area is 185 Å². The van der Waals surface area contributed by atoms with Crippen molar-refractivity contribution in [2.75, 3.05) is 5.32 Å². The van der Waals surface area contributed by atoms with Gasteiger partial charge in [0.25, 0.3) is 0 Å². The lowest BCUT2D eigenvalue weighted by Gasteiger charge is -2.10. The zero-order valence-electron chi connectivity index (χ0n) is 17.2. The summed E-state index contributed by atoms with van der Waals surface area (Å²) in [7, 11) is 0. The highest BCUT2D eigenvalue weighted by Crippen LogP contribution is 2.21. The van der Waals surface area contributed by atoms with Crippen molar-refractivity contribution in [3.05, 3.63) is 94.0 Å². The lowest BCUT2D eigenvalue weighted by atomic mass is 10.1. The number of nitrogens with one attached hydrogen (secondary N) is 2. The van der Waals surface area contributed by atoms with E-state index in [0.29, 0.717) is 22.0 Å². The molecule has 0 bridgehead atoms. The van der Waals surface area contributed by atoms with Crippen LogP contribution in [-0.4, -0.2) is 18.0 Å². The van der Waals surface area contributed by atoms with Crippen molar-refractivity contribution in [3.8, 4) is 5.75 Å². The number of benzene rings is 3. The number of nitrogens with zero attached hydrogens (tertiary/aromatic N) is 1. The number of aryl methyl sites for hydroxylation is 2. The van der Waals surface area contributed by atoms with E-state index < -0.39 is 11.8 Å². The molecule has 0 radical (unpaired) electrons. The zero-order chi connectivity index (χ0) is 22.2. The minimum Gasteiger partial charge on any atom is -0.488 e. The van der Waals surface area contributed by atoms with Gasteiger partial charge in [0.05, 0.1) is 6.21 Å². The smallest absolute Gasteiger partial charge is 0.329 e. The van der Waals surface area contributed by atoms with Crippen molar-refractivity contribution in [1.29, 1.82) is 0 Å². The molecule has 0 fully saturated rings. The van der Waals surface area contributed by atoms with Gasteiger partial charge in [-0.1, -0.05) is 54.1 Å². The second-order valence-corrected chi connectivity index (χ2v) is 7.30. The van der Waals surface area contributed by atoms with Crippen LogP contribution < -0.4 is 15.5 Å². The van der Waals surface area contributed by atoms with E-state index in [2.05, 4.69) is 15.8 Å². The molecule has 0 saturated carbocycles. The van der Waals surface area contributed by atoms with E-state index in [9.17, 15) is 9.59 Å². The summed E-state index contributed by atoms with van der Waals surface area (Å²) in [5.74, 6) is -1.10. The molecule has 3 aromatic rings. The molecule has 2 amide bonds. The largest absolute Gasteiger partial charge is 0.488 e. The minimum atomic E-state index is -0.869. The first-order valence-electron chi connectivity index (χ1n) is 9.61. The SMILES string of the molecule is Cc1ccc(C)c(NC(=O)C(=O)NN=Cc2ccccc2OCc2ccccc2Cl)c1. The number of carbonyl (C=O) groups is 2. The molecule has 0 saturated heterocycles. The molecule has 7 heteroatoms. The fraction of sp³-hybridized carbons (Fsp3) is 0.125. The Bertz CT molecular complexity index is 1130. The molecule has 158 valence electrons. The van der Waals surface area contributed by atoms with Crippen molar-refractivity contribution < 1.29 is 14.3 Å². The molecule has 0 unspecified atom stereocenters. The summed E-state index contributed by atoms with van der Waals surface area (Å²) in [6, 6.07) is 20.2. The standard InChI is InChI=1S/C24H22ClN3O3/c1-16-11-12-17(2)21(13-16)27-23(29)24(30)28-26-14-18-7-4-6-10-22(18)31-15-19-8-3-5-9-20(19)25/h3-14H,15H2,1-2H3,(H,27,29)(H,28,30). The number of ether oxygens (including phenoxy) is 1. The maximum absolute atomic E-state index is 12.1. The fourth-order valence-corrected chi connectivity index (χ4v) is 2.94. The number of amides is 2. The molecule has 31 heavy (non-hydrogen) atoms. The van der Waals surface area contributed by atoms with Gasteiger partial charge < -0.3 is 10.1 Å². The van der Waals surface area contributed by atoms with Crippen LogP contribution >= 0.6 is 11.6 Å². The summed E-state index contributed by atoms with van der Waals surface area (Å²) in [5, 5.41) is 7.10. The first-order chi connectivity index (χ1) is 14.9. The molecule has 3 rings (SSSR count).